The summed E-state index contributed by atoms with van der Waals surface area (Å²) in [6.45, 7) is 0.0917. The van der Waals surface area contributed by atoms with E-state index < -0.39 is 11.6 Å². The van der Waals surface area contributed by atoms with Crippen LogP contribution in [0.3, 0.4) is 0 Å². The van der Waals surface area contributed by atoms with Crippen molar-refractivity contribution < 1.29 is 13.5 Å². The molecule has 2 N–H and O–H groups in total. The molecule has 2 nitrogen and oxygen atoms in total. The van der Waals surface area contributed by atoms with Crippen molar-refractivity contribution in [2.45, 2.75) is 6.61 Å². The Morgan fingerprint density at radius 2 is 1.90 bits per heavy atom. The third-order valence-corrected chi connectivity index (χ3v) is 3.30. The van der Waals surface area contributed by atoms with Gasteiger partial charge in [-0.3, -0.25) is 0 Å². The molecule has 104 valence electrons. The Bertz CT molecular complexity index is 664. The second-order valence-electron chi connectivity index (χ2n) is 4.04. The van der Waals surface area contributed by atoms with E-state index in [4.69, 9.17) is 22.7 Å². The Labute approximate surface area is 128 Å². The number of halogens is 3. The molecule has 0 heterocycles. The van der Waals surface area contributed by atoms with Crippen LogP contribution < -0.4 is 10.5 Å². The highest BCUT2D eigenvalue weighted by Gasteiger charge is 2.08. The standard InChI is InChI=1S/C14H10BrF2NOS/c15-9-2-4-13(12(17)6-9)19-7-8-1-3-11(16)10(5-8)14(18)20/h1-6H,7H2,(H2,18,20). The number of hydrogen-bond acceptors (Lipinski definition) is 2. The molecule has 0 aliphatic heterocycles. The van der Waals surface area contributed by atoms with Crippen molar-refractivity contribution in [3.05, 3.63) is 63.6 Å². The van der Waals surface area contributed by atoms with Gasteiger partial charge >= 0.3 is 0 Å². The molecule has 0 saturated heterocycles. The lowest BCUT2D eigenvalue weighted by molar-refractivity contribution is 0.290. The maximum Gasteiger partial charge on any atom is 0.166 e. The largest absolute Gasteiger partial charge is 0.486 e. The van der Waals surface area contributed by atoms with Crippen molar-refractivity contribution in [2.24, 2.45) is 5.73 Å². The zero-order valence-electron chi connectivity index (χ0n) is 10.2. The average Bonchev–Trinajstić information content (AvgIpc) is 2.39. The van der Waals surface area contributed by atoms with Crippen LogP contribution in [-0.2, 0) is 6.61 Å². The van der Waals surface area contributed by atoms with Crippen LogP contribution in [0.4, 0.5) is 8.78 Å². The van der Waals surface area contributed by atoms with Gasteiger partial charge < -0.3 is 10.5 Å². The van der Waals surface area contributed by atoms with Crippen molar-refractivity contribution in [1.82, 2.24) is 0 Å². The van der Waals surface area contributed by atoms with E-state index in [1.54, 1.807) is 6.07 Å². The minimum absolute atomic E-state index is 0.0285. The molecule has 2 rings (SSSR count). The number of rotatable bonds is 4. The predicted octanol–water partition coefficient (Wildman–Crippen LogP) is 3.94. The zero-order chi connectivity index (χ0) is 14.7. The molecule has 0 atom stereocenters. The van der Waals surface area contributed by atoms with Crippen LogP contribution in [0.15, 0.2) is 40.9 Å². The Balaban J connectivity index is 2.15. The van der Waals surface area contributed by atoms with Gasteiger partial charge in [-0.1, -0.05) is 34.2 Å². The highest BCUT2D eigenvalue weighted by molar-refractivity contribution is 9.10. The fourth-order valence-electron chi connectivity index (χ4n) is 1.60. The van der Waals surface area contributed by atoms with Gasteiger partial charge in [-0.05, 0) is 35.9 Å². The first-order valence-corrected chi connectivity index (χ1v) is 6.83. The van der Waals surface area contributed by atoms with Crippen LogP contribution in [0.2, 0.25) is 0 Å². The number of thiocarbonyl (C=S) groups is 1. The summed E-state index contributed by atoms with van der Waals surface area (Å²) in [5.74, 6) is -0.846. The fraction of sp³-hybridized carbons (Fsp3) is 0.0714. The molecule has 0 amide bonds. The maximum absolute atomic E-state index is 13.6. The van der Waals surface area contributed by atoms with Crippen molar-refractivity contribution in [2.75, 3.05) is 0 Å². The van der Waals surface area contributed by atoms with Crippen LogP contribution in [-0.4, -0.2) is 4.99 Å². The Hall–Kier alpha value is -1.53. The second kappa shape index (κ2) is 6.28. The van der Waals surface area contributed by atoms with Crippen LogP contribution in [0, 0.1) is 11.6 Å². The highest BCUT2D eigenvalue weighted by atomic mass is 79.9. The molecule has 2 aromatic carbocycles. The van der Waals surface area contributed by atoms with Gasteiger partial charge in [0.2, 0.25) is 0 Å². The van der Waals surface area contributed by atoms with Crippen LogP contribution >= 0.6 is 28.1 Å². The summed E-state index contributed by atoms with van der Waals surface area (Å²) in [5.41, 5.74) is 6.22. The smallest absolute Gasteiger partial charge is 0.166 e. The molecule has 0 saturated carbocycles. The molecular formula is C14H10BrF2NOS. The summed E-state index contributed by atoms with van der Waals surface area (Å²) < 4.78 is 33.0. The normalized spacial score (nSPS) is 10.3. The quantitative estimate of drug-likeness (QED) is 0.841. The summed E-state index contributed by atoms with van der Waals surface area (Å²) in [6, 6.07) is 8.77. The molecule has 6 heteroatoms. The first-order chi connectivity index (χ1) is 9.47. The third kappa shape index (κ3) is 3.52. The summed E-state index contributed by atoms with van der Waals surface area (Å²) in [4.78, 5) is -0.0285. The molecule has 0 aromatic heterocycles. The summed E-state index contributed by atoms with van der Waals surface area (Å²) in [5, 5.41) is 0. The first kappa shape index (κ1) is 14.9. The van der Waals surface area contributed by atoms with E-state index >= 15 is 0 Å². The van der Waals surface area contributed by atoms with E-state index in [9.17, 15) is 8.78 Å². The third-order valence-electron chi connectivity index (χ3n) is 2.58. The van der Waals surface area contributed by atoms with Crippen molar-refractivity contribution in [1.29, 1.82) is 0 Å². The fourth-order valence-corrected chi connectivity index (χ4v) is 2.09. The summed E-state index contributed by atoms with van der Waals surface area (Å²) in [7, 11) is 0. The Morgan fingerprint density at radius 3 is 2.55 bits per heavy atom. The summed E-state index contributed by atoms with van der Waals surface area (Å²) >= 11 is 7.91. The summed E-state index contributed by atoms with van der Waals surface area (Å²) in [6.07, 6.45) is 0. The Morgan fingerprint density at radius 1 is 1.15 bits per heavy atom. The van der Waals surface area contributed by atoms with Gasteiger partial charge in [0, 0.05) is 10.0 Å². The van der Waals surface area contributed by atoms with E-state index in [1.807, 2.05) is 0 Å². The maximum atomic E-state index is 13.6. The van der Waals surface area contributed by atoms with E-state index in [1.165, 1.54) is 30.3 Å². The molecule has 0 spiro atoms. The predicted molar refractivity (Wildman–Crippen MR) is 80.7 cm³/mol. The number of benzene rings is 2. The Kier molecular flexibility index (Phi) is 4.67. The van der Waals surface area contributed by atoms with Crippen LogP contribution in [0.5, 0.6) is 5.75 Å². The average molecular weight is 358 g/mol. The van der Waals surface area contributed by atoms with Crippen molar-refractivity contribution >= 4 is 33.1 Å². The lowest BCUT2D eigenvalue weighted by atomic mass is 10.1. The molecule has 0 radical (unpaired) electrons. The van der Waals surface area contributed by atoms with Gasteiger partial charge in [-0.15, -0.1) is 0 Å². The van der Waals surface area contributed by atoms with Gasteiger partial charge in [0.05, 0.1) is 0 Å². The van der Waals surface area contributed by atoms with Crippen molar-refractivity contribution in [3.63, 3.8) is 0 Å². The molecule has 20 heavy (non-hydrogen) atoms. The minimum Gasteiger partial charge on any atom is -0.486 e. The molecule has 0 bridgehead atoms. The SMILES string of the molecule is NC(=S)c1cc(COc2ccc(Br)cc2F)ccc1F. The molecule has 0 aliphatic carbocycles. The van der Waals surface area contributed by atoms with E-state index in [2.05, 4.69) is 15.9 Å². The lowest BCUT2D eigenvalue weighted by Crippen LogP contribution is -2.12. The zero-order valence-corrected chi connectivity index (χ0v) is 12.6. The molecule has 0 fully saturated rings. The van der Waals surface area contributed by atoms with Gasteiger partial charge in [0.25, 0.3) is 0 Å². The van der Waals surface area contributed by atoms with Gasteiger partial charge in [-0.25, -0.2) is 8.78 Å². The van der Waals surface area contributed by atoms with Crippen molar-refractivity contribution in [3.8, 4) is 5.75 Å². The van der Waals surface area contributed by atoms with Gasteiger partial charge in [0.1, 0.15) is 17.4 Å². The highest BCUT2D eigenvalue weighted by Crippen LogP contribution is 2.22. The topological polar surface area (TPSA) is 35.2 Å². The van der Waals surface area contributed by atoms with Gasteiger partial charge in [-0.2, -0.15) is 0 Å². The molecular weight excluding hydrogens is 348 g/mol. The number of nitrogens with two attached hydrogens (primary N) is 1. The lowest BCUT2D eigenvalue weighted by Gasteiger charge is -2.09. The van der Waals surface area contributed by atoms with Crippen LogP contribution in [0.1, 0.15) is 11.1 Å². The first-order valence-electron chi connectivity index (χ1n) is 5.63. The second-order valence-corrected chi connectivity index (χ2v) is 5.40. The monoisotopic (exact) mass is 357 g/mol. The molecule has 2 aromatic rings. The number of ether oxygens (including phenoxy) is 1. The minimum atomic E-state index is -0.490. The molecule has 0 aliphatic rings. The number of hydrogen-bond donors (Lipinski definition) is 1. The van der Waals surface area contributed by atoms with E-state index in [0.717, 1.165) is 0 Å². The van der Waals surface area contributed by atoms with Crippen LogP contribution in [0.25, 0.3) is 0 Å². The molecule has 0 unspecified atom stereocenters. The van der Waals surface area contributed by atoms with E-state index in [0.29, 0.717) is 10.0 Å². The van der Waals surface area contributed by atoms with Gasteiger partial charge in [0.15, 0.2) is 11.6 Å². The van der Waals surface area contributed by atoms with E-state index in [-0.39, 0.29) is 22.9 Å².